The second kappa shape index (κ2) is 9.15. The fourth-order valence-corrected chi connectivity index (χ4v) is 3.44. The van der Waals surface area contributed by atoms with Crippen LogP contribution >= 0.6 is 0 Å². The molecule has 1 aliphatic rings. The van der Waals surface area contributed by atoms with Crippen molar-refractivity contribution in [3.63, 3.8) is 0 Å². The number of hydrogen-bond donors (Lipinski definition) is 0. The van der Waals surface area contributed by atoms with E-state index in [1.807, 2.05) is 0 Å². The number of rotatable bonds is 2. The minimum atomic E-state index is -5.37. The third-order valence-corrected chi connectivity index (χ3v) is 4.96. The van der Waals surface area contributed by atoms with Crippen molar-refractivity contribution in [1.29, 1.82) is 0 Å². The zero-order valence-electron chi connectivity index (χ0n) is 17.0. The molecule has 2 aromatic rings. The van der Waals surface area contributed by atoms with Crippen molar-refractivity contribution in [2.75, 3.05) is 13.2 Å². The Kier molecular flexibility index (Phi) is 7.07. The van der Waals surface area contributed by atoms with E-state index in [2.05, 4.69) is 4.98 Å². The van der Waals surface area contributed by atoms with E-state index in [9.17, 15) is 52.7 Å². The first-order valence-corrected chi connectivity index (χ1v) is 9.55. The highest BCUT2D eigenvalue weighted by Gasteiger charge is 2.43. The lowest BCUT2D eigenvalue weighted by Crippen LogP contribution is -2.20. The molecule has 0 radical (unpaired) electrons. The molecule has 0 N–H and O–H groups in total. The molecular weight excluding hydrogens is 514 g/mol. The third kappa shape index (κ3) is 6.37. The second-order valence-electron chi connectivity index (χ2n) is 7.42. The van der Waals surface area contributed by atoms with Gasteiger partial charge in [0.15, 0.2) is 5.69 Å². The fraction of sp³-hybridized carbons (Fsp3) is 0.450. The Hall–Kier alpha value is -2.55. The molecular formula is C20H13F12NO2. The van der Waals surface area contributed by atoms with E-state index in [0.717, 1.165) is 0 Å². The molecule has 15 heteroatoms. The fourth-order valence-electron chi connectivity index (χ4n) is 3.44. The van der Waals surface area contributed by atoms with E-state index >= 15 is 0 Å². The molecule has 0 aliphatic carbocycles. The summed E-state index contributed by atoms with van der Waals surface area (Å²) in [6.07, 6.45) is -25.0. The van der Waals surface area contributed by atoms with Gasteiger partial charge in [-0.2, -0.15) is 52.7 Å². The van der Waals surface area contributed by atoms with Crippen molar-refractivity contribution >= 4 is 0 Å². The third-order valence-electron chi connectivity index (χ3n) is 4.96. The van der Waals surface area contributed by atoms with Gasteiger partial charge in [0, 0.05) is 12.0 Å². The predicted molar refractivity (Wildman–Crippen MR) is 92.7 cm³/mol. The minimum absolute atomic E-state index is 0.129. The van der Waals surface area contributed by atoms with Crippen LogP contribution in [0.5, 0.6) is 0 Å². The zero-order valence-corrected chi connectivity index (χ0v) is 17.0. The lowest BCUT2D eigenvalue weighted by Gasteiger charge is -2.24. The first kappa shape index (κ1) is 27.0. The SMILES string of the molecule is FC(F)(F)c1cc(C2CC(c3ccc(C(F)(F)F)nc3C(F)(F)F)OCCO2)cc(C(F)(F)F)c1. The summed E-state index contributed by atoms with van der Waals surface area (Å²) in [6.45, 7) is -0.862. The summed E-state index contributed by atoms with van der Waals surface area (Å²) >= 11 is 0. The van der Waals surface area contributed by atoms with Crippen LogP contribution in [0.25, 0.3) is 0 Å². The average molecular weight is 527 g/mol. The minimum Gasteiger partial charge on any atom is -0.371 e. The Morgan fingerprint density at radius 2 is 1.14 bits per heavy atom. The van der Waals surface area contributed by atoms with Gasteiger partial charge in [0.2, 0.25) is 0 Å². The molecule has 2 unspecified atom stereocenters. The number of ether oxygens (including phenoxy) is 2. The summed E-state index contributed by atoms with van der Waals surface area (Å²) in [5, 5.41) is 0. The van der Waals surface area contributed by atoms with Gasteiger partial charge < -0.3 is 9.47 Å². The molecule has 3 rings (SSSR count). The maximum absolute atomic E-state index is 13.5. The van der Waals surface area contributed by atoms with Crippen LogP contribution in [-0.4, -0.2) is 18.2 Å². The van der Waals surface area contributed by atoms with Gasteiger partial charge in [0.25, 0.3) is 0 Å². The number of aromatic nitrogens is 1. The largest absolute Gasteiger partial charge is 0.433 e. The van der Waals surface area contributed by atoms with Crippen LogP contribution in [0.2, 0.25) is 0 Å². The highest BCUT2D eigenvalue weighted by molar-refractivity contribution is 5.36. The van der Waals surface area contributed by atoms with Crippen molar-refractivity contribution in [3.8, 4) is 0 Å². The van der Waals surface area contributed by atoms with E-state index < -0.39 is 90.2 Å². The predicted octanol–water partition coefficient (Wildman–Crippen LogP) is 7.38. The van der Waals surface area contributed by atoms with Crippen molar-refractivity contribution in [3.05, 3.63) is 64.0 Å². The lowest BCUT2D eigenvalue weighted by atomic mass is 9.94. The maximum atomic E-state index is 13.5. The topological polar surface area (TPSA) is 31.4 Å². The van der Waals surface area contributed by atoms with E-state index in [1.54, 1.807) is 0 Å². The van der Waals surface area contributed by atoms with Crippen molar-refractivity contribution in [1.82, 2.24) is 4.98 Å². The highest BCUT2D eigenvalue weighted by atomic mass is 19.4. The molecule has 2 atom stereocenters. The Morgan fingerprint density at radius 1 is 0.629 bits per heavy atom. The second-order valence-corrected chi connectivity index (χ2v) is 7.42. The maximum Gasteiger partial charge on any atom is 0.433 e. The Bertz CT molecular complexity index is 1020. The smallest absolute Gasteiger partial charge is 0.371 e. The Labute approximate surface area is 188 Å². The monoisotopic (exact) mass is 527 g/mol. The summed E-state index contributed by atoms with van der Waals surface area (Å²) in [5.74, 6) is 0. The molecule has 35 heavy (non-hydrogen) atoms. The molecule has 1 aromatic carbocycles. The van der Waals surface area contributed by atoms with E-state index in [0.29, 0.717) is 18.2 Å². The van der Waals surface area contributed by atoms with Gasteiger partial charge in [-0.25, -0.2) is 4.98 Å². The van der Waals surface area contributed by atoms with Gasteiger partial charge in [0.05, 0.1) is 36.5 Å². The van der Waals surface area contributed by atoms with E-state index in [-0.39, 0.29) is 12.1 Å². The lowest BCUT2D eigenvalue weighted by molar-refractivity contribution is -0.151. The molecule has 1 aromatic heterocycles. The first-order valence-electron chi connectivity index (χ1n) is 9.55. The standard InChI is InChI=1S/C20H13F12NO2/c21-17(22,23)10-5-9(6-11(7-10)18(24,25)26)13-8-14(35-4-3-34-13)12-1-2-15(19(27,28)29)33-16(12)20(30,31)32/h1-2,5-7,13-14H,3-4,8H2. The van der Waals surface area contributed by atoms with E-state index in [4.69, 9.17) is 9.47 Å². The molecule has 1 saturated heterocycles. The van der Waals surface area contributed by atoms with Crippen LogP contribution in [0.1, 0.15) is 52.3 Å². The summed E-state index contributed by atoms with van der Waals surface area (Å²) in [6, 6.07) is 1.31. The number of hydrogen-bond acceptors (Lipinski definition) is 3. The molecule has 3 nitrogen and oxygen atoms in total. The van der Waals surface area contributed by atoms with Crippen LogP contribution < -0.4 is 0 Å². The van der Waals surface area contributed by atoms with Gasteiger partial charge in [-0.15, -0.1) is 0 Å². The molecule has 0 spiro atoms. The quantitative estimate of drug-likeness (QED) is 0.382. The summed E-state index contributed by atoms with van der Waals surface area (Å²) in [4.78, 5) is 2.64. The van der Waals surface area contributed by atoms with Crippen LogP contribution in [0, 0.1) is 0 Å². The molecule has 2 heterocycles. The van der Waals surface area contributed by atoms with Crippen LogP contribution in [0.4, 0.5) is 52.7 Å². The summed E-state index contributed by atoms with van der Waals surface area (Å²) in [7, 11) is 0. The Balaban J connectivity index is 2.07. The first-order chi connectivity index (χ1) is 15.9. The molecule has 0 saturated carbocycles. The van der Waals surface area contributed by atoms with Gasteiger partial charge in [-0.3, -0.25) is 0 Å². The normalized spacial score (nSPS) is 20.6. The van der Waals surface area contributed by atoms with Crippen LogP contribution in [0.3, 0.4) is 0 Å². The average Bonchev–Trinajstić information content (AvgIpc) is 2.97. The van der Waals surface area contributed by atoms with Crippen molar-refractivity contribution < 1.29 is 62.2 Å². The summed E-state index contributed by atoms with van der Waals surface area (Å²) < 4.78 is 169. The van der Waals surface area contributed by atoms with E-state index in [1.165, 1.54) is 0 Å². The van der Waals surface area contributed by atoms with Gasteiger partial charge in [0.1, 0.15) is 5.69 Å². The van der Waals surface area contributed by atoms with Gasteiger partial charge in [-0.1, -0.05) is 6.07 Å². The van der Waals surface area contributed by atoms with Gasteiger partial charge >= 0.3 is 24.7 Å². The molecule has 1 aliphatic heterocycles. The van der Waals surface area contributed by atoms with Gasteiger partial charge in [-0.05, 0) is 29.8 Å². The number of halogens is 12. The molecule has 194 valence electrons. The molecule has 0 amide bonds. The summed E-state index contributed by atoms with van der Waals surface area (Å²) in [5.41, 5.74) is -8.64. The molecule has 1 fully saturated rings. The number of pyridine rings is 1. The highest BCUT2D eigenvalue weighted by Crippen LogP contribution is 2.43. The number of benzene rings is 1. The number of alkyl halides is 12. The van der Waals surface area contributed by atoms with Crippen LogP contribution in [-0.2, 0) is 34.2 Å². The Morgan fingerprint density at radius 3 is 1.60 bits per heavy atom. The molecule has 0 bridgehead atoms. The zero-order chi connectivity index (χ0) is 26.4. The van der Waals surface area contributed by atoms with Crippen molar-refractivity contribution in [2.24, 2.45) is 0 Å². The van der Waals surface area contributed by atoms with Crippen molar-refractivity contribution in [2.45, 2.75) is 43.3 Å². The number of nitrogens with zero attached hydrogens (tertiary/aromatic N) is 1. The van der Waals surface area contributed by atoms with Crippen LogP contribution in [0.15, 0.2) is 30.3 Å².